The van der Waals surface area contributed by atoms with Crippen LogP contribution in [0.15, 0.2) is 0 Å². The van der Waals surface area contributed by atoms with Crippen LogP contribution in [0.3, 0.4) is 0 Å². The molecule has 1 rings (SSSR count). The van der Waals surface area contributed by atoms with E-state index in [9.17, 15) is 4.79 Å². The van der Waals surface area contributed by atoms with Crippen molar-refractivity contribution in [3.8, 4) is 0 Å². The third-order valence-corrected chi connectivity index (χ3v) is 4.33. The Hall–Kier alpha value is -0.570. The van der Waals surface area contributed by atoms with E-state index in [2.05, 4.69) is 25.7 Å². The molecule has 3 heteroatoms. The molecule has 0 aromatic rings. The lowest BCUT2D eigenvalue weighted by molar-refractivity contribution is -0.142. The van der Waals surface area contributed by atoms with E-state index < -0.39 is 0 Å². The van der Waals surface area contributed by atoms with Gasteiger partial charge in [-0.05, 0) is 38.0 Å². The number of piperidine rings is 1. The molecule has 0 aromatic heterocycles. The standard InChI is InChI=1S/C15H29NO2/c1-5-15(2,3)14(17)16-10-8-13(9-11-16)7-6-12-18-4/h13H,5-12H2,1-4H3. The second-order valence-corrected chi connectivity index (χ2v) is 6.11. The molecule has 106 valence electrons. The predicted octanol–water partition coefficient (Wildman–Crippen LogP) is 3.09. The number of ether oxygens (including phenoxy) is 1. The maximum Gasteiger partial charge on any atom is 0.228 e. The van der Waals surface area contributed by atoms with Crippen molar-refractivity contribution in [1.82, 2.24) is 4.90 Å². The Morgan fingerprint density at radius 1 is 1.33 bits per heavy atom. The first-order chi connectivity index (χ1) is 8.51. The minimum Gasteiger partial charge on any atom is -0.385 e. The second kappa shape index (κ2) is 7.13. The lowest BCUT2D eigenvalue weighted by Gasteiger charge is -2.36. The molecule has 1 aliphatic rings. The highest BCUT2D eigenvalue weighted by atomic mass is 16.5. The summed E-state index contributed by atoms with van der Waals surface area (Å²) >= 11 is 0. The van der Waals surface area contributed by atoms with E-state index in [0.29, 0.717) is 5.91 Å². The molecule has 1 amide bonds. The van der Waals surface area contributed by atoms with Crippen LogP contribution in [0.2, 0.25) is 0 Å². The zero-order valence-electron chi connectivity index (χ0n) is 12.5. The van der Waals surface area contributed by atoms with Gasteiger partial charge in [-0.3, -0.25) is 4.79 Å². The van der Waals surface area contributed by atoms with Crippen molar-refractivity contribution in [3.63, 3.8) is 0 Å². The molecular weight excluding hydrogens is 226 g/mol. The summed E-state index contributed by atoms with van der Waals surface area (Å²) in [4.78, 5) is 14.4. The van der Waals surface area contributed by atoms with Crippen molar-refractivity contribution in [3.05, 3.63) is 0 Å². The summed E-state index contributed by atoms with van der Waals surface area (Å²) in [5.74, 6) is 1.12. The fraction of sp³-hybridized carbons (Fsp3) is 0.933. The number of methoxy groups -OCH3 is 1. The summed E-state index contributed by atoms with van der Waals surface area (Å²) in [6.07, 6.45) is 5.63. The quantitative estimate of drug-likeness (QED) is 0.683. The zero-order chi connectivity index (χ0) is 13.6. The van der Waals surface area contributed by atoms with Gasteiger partial charge < -0.3 is 9.64 Å². The maximum absolute atomic E-state index is 12.3. The van der Waals surface area contributed by atoms with Gasteiger partial charge in [-0.2, -0.15) is 0 Å². The van der Waals surface area contributed by atoms with E-state index >= 15 is 0 Å². The van der Waals surface area contributed by atoms with Crippen LogP contribution < -0.4 is 0 Å². The van der Waals surface area contributed by atoms with E-state index in [0.717, 1.165) is 51.3 Å². The fourth-order valence-corrected chi connectivity index (χ4v) is 2.52. The molecule has 3 nitrogen and oxygen atoms in total. The Morgan fingerprint density at radius 2 is 1.94 bits per heavy atom. The third kappa shape index (κ3) is 4.27. The van der Waals surface area contributed by atoms with Gasteiger partial charge in [0.25, 0.3) is 0 Å². The van der Waals surface area contributed by atoms with E-state index in [1.54, 1.807) is 7.11 Å². The average Bonchev–Trinajstić information content (AvgIpc) is 2.39. The number of amides is 1. The van der Waals surface area contributed by atoms with E-state index in [-0.39, 0.29) is 5.41 Å². The van der Waals surface area contributed by atoms with Crippen LogP contribution in [0.4, 0.5) is 0 Å². The molecule has 0 aliphatic carbocycles. The van der Waals surface area contributed by atoms with E-state index in [1.807, 2.05) is 0 Å². The molecule has 1 saturated heterocycles. The third-order valence-electron chi connectivity index (χ3n) is 4.33. The SMILES string of the molecule is CCC(C)(C)C(=O)N1CCC(CCCOC)CC1. The van der Waals surface area contributed by atoms with Crippen molar-refractivity contribution in [2.45, 2.75) is 52.9 Å². The molecule has 0 bridgehead atoms. The first kappa shape index (κ1) is 15.5. The predicted molar refractivity (Wildman–Crippen MR) is 74.5 cm³/mol. The minimum atomic E-state index is -0.192. The van der Waals surface area contributed by atoms with Crippen LogP contribution in [0.1, 0.15) is 52.9 Å². The summed E-state index contributed by atoms with van der Waals surface area (Å²) in [6.45, 7) is 8.96. The summed E-state index contributed by atoms with van der Waals surface area (Å²) < 4.78 is 5.09. The largest absolute Gasteiger partial charge is 0.385 e. The van der Waals surface area contributed by atoms with Gasteiger partial charge in [-0.15, -0.1) is 0 Å². The van der Waals surface area contributed by atoms with E-state index in [1.165, 1.54) is 6.42 Å². The van der Waals surface area contributed by atoms with Gasteiger partial charge in [0.2, 0.25) is 5.91 Å². The highest BCUT2D eigenvalue weighted by Gasteiger charge is 2.32. The molecule has 0 spiro atoms. The number of carbonyl (C=O) groups excluding carboxylic acids is 1. The monoisotopic (exact) mass is 255 g/mol. The maximum atomic E-state index is 12.3. The summed E-state index contributed by atoms with van der Waals surface area (Å²) in [5, 5.41) is 0. The van der Waals surface area contributed by atoms with Crippen molar-refractivity contribution in [2.24, 2.45) is 11.3 Å². The molecule has 0 N–H and O–H groups in total. The van der Waals surface area contributed by atoms with Gasteiger partial charge in [-0.25, -0.2) is 0 Å². The molecule has 0 unspecified atom stereocenters. The summed E-state index contributed by atoms with van der Waals surface area (Å²) in [6, 6.07) is 0. The number of rotatable bonds is 6. The normalized spacial score (nSPS) is 18.1. The average molecular weight is 255 g/mol. The number of likely N-dealkylation sites (tertiary alicyclic amines) is 1. The summed E-state index contributed by atoms with van der Waals surface area (Å²) in [7, 11) is 1.76. The molecule has 1 aliphatic heterocycles. The molecule has 0 saturated carbocycles. The number of carbonyl (C=O) groups is 1. The molecule has 0 aromatic carbocycles. The van der Waals surface area contributed by atoms with Gasteiger partial charge in [0.1, 0.15) is 0 Å². The smallest absolute Gasteiger partial charge is 0.228 e. The Balaban J connectivity index is 2.33. The van der Waals surface area contributed by atoms with Crippen molar-refractivity contribution >= 4 is 5.91 Å². The second-order valence-electron chi connectivity index (χ2n) is 6.11. The van der Waals surface area contributed by atoms with Crippen LogP contribution >= 0.6 is 0 Å². The molecule has 1 fully saturated rings. The first-order valence-corrected chi connectivity index (χ1v) is 7.29. The topological polar surface area (TPSA) is 29.5 Å². The van der Waals surface area contributed by atoms with Crippen LogP contribution in [-0.4, -0.2) is 37.6 Å². The van der Waals surface area contributed by atoms with Gasteiger partial charge in [0.15, 0.2) is 0 Å². The highest BCUT2D eigenvalue weighted by molar-refractivity contribution is 5.81. The minimum absolute atomic E-state index is 0.192. The lowest BCUT2D eigenvalue weighted by atomic mass is 9.86. The first-order valence-electron chi connectivity index (χ1n) is 7.29. The zero-order valence-corrected chi connectivity index (χ0v) is 12.5. The molecule has 18 heavy (non-hydrogen) atoms. The van der Waals surface area contributed by atoms with Crippen molar-refractivity contribution < 1.29 is 9.53 Å². The van der Waals surface area contributed by atoms with Crippen LogP contribution in [-0.2, 0) is 9.53 Å². The fourth-order valence-electron chi connectivity index (χ4n) is 2.52. The van der Waals surface area contributed by atoms with Crippen LogP contribution in [0, 0.1) is 11.3 Å². The number of hydrogen-bond acceptors (Lipinski definition) is 2. The number of nitrogens with zero attached hydrogens (tertiary/aromatic N) is 1. The van der Waals surface area contributed by atoms with E-state index in [4.69, 9.17) is 4.74 Å². The van der Waals surface area contributed by atoms with Gasteiger partial charge in [-0.1, -0.05) is 20.8 Å². The molecule has 0 atom stereocenters. The molecular formula is C15H29NO2. The Kier molecular flexibility index (Phi) is 6.13. The Labute approximate surface area is 112 Å². The van der Waals surface area contributed by atoms with Gasteiger partial charge in [0.05, 0.1) is 0 Å². The van der Waals surface area contributed by atoms with Gasteiger partial charge >= 0.3 is 0 Å². The number of hydrogen-bond donors (Lipinski definition) is 0. The van der Waals surface area contributed by atoms with Gasteiger partial charge in [0, 0.05) is 32.2 Å². The van der Waals surface area contributed by atoms with Crippen molar-refractivity contribution in [1.29, 1.82) is 0 Å². The Bertz CT molecular complexity index is 255. The lowest BCUT2D eigenvalue weighted by Crippen LogP contribution is -2.45. The van der Waals surface area contributed by atoms with Crippen LogP contribution in [0.5, 0.6) is 0 Å². The molecule has 1 heterocycles. The summed E-state index contributed by atoms with van der Waals surface area (Å²) in [5.41, 5.74) is -0.192. The van der Waals surface area contributed by atoms with Crippen LogP contribution in [0.25, 0.3) is 0 Å². The van der Waals surface area contributed by atoms with Crippen molar-refractivity contribution in [2.75, 3.05) is 26.8 Å². The Morgan fingerprint density at radius 3 is 2.44 bits per heavy atom. The highest BCUT2D eigenvalue weighted by Crippen LogP contribution is 2.28. The molecule has 0 radical (unpaired) electrons.